The van der Waals surface area contributed by atoms with Crippen LogP contribution in [0.25, 0.3) is 0 Å². The average Bonchev–Trinajstić information content (AvgIpc) is 2.55. The van der Waals surface area contributed by atoms with Gasteiger partial charge in [-0.05, 0) is 32.9 Å². The first-order valence-corrected chi connectivity index (χ1v) is 4.48. The number of ether oxygens (including phenoxy) is 1. The van der Waals surface area contributed by atoms with E-state index in [1.54, 1.807) is 6.26 Å². The van der Waals surface area contributed by atoms with Gasteiger partial charge in [0.05, 0.1) is 12.9 Å². The van der Waals surface area contributed by atoms with Crippen LogP contribution in [0.4, 0.5) is 0 Å². The molecule has 1 aromatic rings. The molecule has 0 aliphatic carbocycles. The normalized spacial score (nSPS) is 12.5. The predicted octanol–water partition coefficient (Wildman–Crippen LogP) is 3.32. The van der Waals surface area contributed by atoms with E-state index in [1.807, 2.05) is 19.1 Å². The van der Waals surface area contributed by atoms with Gasteiger partial charge in [-0.3, -0.25) is 0 Å². The van der Waals surface area contributed by atoms with Gasteiger partial charge in [-0.25, -0.2) is 0 Å². The second kappa shape index (κ2) is 4.87. The van der Waals surface area contributed by atoms with Crippen molar-refractivity contribution in [3.8, 4) is 0 Å². The van der Waals surface area contributed by atoms with Gasteiger partial charge in [0.2, 0.25) is 0 Å². The van der Waals surface area contributed by atoms with E-state index in [-0.39, 0.29) is 6.10 Å². The molecule has 0 saturated heterocycles. The molecule has 0 aliphatic rings. The summed E-state index contributed by atoms with van der Waals surface area (Å²) in [6, 6.07) is 3.79. The van der Waals surface area contributed by atoms with E-state index in [4.69, 9.17) is 9.15 Å². The molecule has 1 atom stereocenters. The van der Waals surface area contributed by atoms with E-state index >= 15 is 0 Å². The third-order valence-corrected chi connectivity index (χ3v) is 1.78. The number of hydrogen-bond donors (Lipinski definition) is 0. The first-order valence-electron chi connectivity index (χ1n) is 4.48. The van der Waals surface area contributed by atoms with Gasteiger partial charge < -0.3 is 9.15 Å². The average molecular weight is 180 g/mol. The van der Waals surface area contributed by atoms with E-state index in [2.05, 4.69) is 19.9 Å². The highest BCUT2D eigenvalue weighted by molar-refractivity contribution is 5.01. The Labute approximate surface area is 79.2 Å². The minimum atomic E-state index is 0.0330. The van der Waals surface area contributed by atoms with Gasteiger partial charge in [0, 0.05) is 0 Å². The molecule has 0 unspecified atom stereocenters. The fourth-order valence-corrected chi connectivity index (χ4v) is 0.964. The van der Waals surface area contributed by atoms with Gasteiger partial charge >= 0.3 is 0 Å². The van der Waals surface area contributed by atoms with Crippen LogP contribution in [-0.4, -0.2) is 6.61 Å². The standard InChI is InChI=1S/C11H16O2/c1-9(2)6-8-12-10(3)11-5-4-7-13-11/h4-7,10H,8H2,1-3H3/t10-/m1/s1. The molecule has 72 valence electrons. The molecule has 0 bridgehead atoms. The minimum Gasteiger partial charge on any atom is -0.467 e. The van der Waals surface area contributed by atoms with Crippen molar-refractivity contribution in [1.82, 2.24) is 0 Å². The van der Waals surface area contributed by atoms with Crippen LogP contribution < -0.4 is 0 Å². The van der Waals surface area contributed by atoms with E-state index in [0.717, 1.165) is 5.76 Å². The van der Waals surface area contributed by atoms with Crippen LogP contribution in [0.5, 0.6) is 0 Å². The van der Waals surface area contributed by atoms with Crippen molar-refractivity contribution in [2.24, 2.45) is 0 Å². The molecule has 2 heteroatoms. The summed E-state index contributed by atoms with van der Waals surface area (Å²) in [7, 11) is 0. The zero-order valence-electron chi connectivity index (χ0n) is 8.41. The maximum Gasteiger partial charge on any atom is 0.132 e. The fraction of sp³-hybridized carbons (Fsp3) is 0.455. The largest absolute Gasteiger partial charge is 0.467 e. The van der Waals surface area contributed by atoms with Gasteiger partial charge in [0.25, 0.3) is 0 Å². The Bertz CT molecular complexity index is 256. The highest BCUT2D eigenvalue weighted by atomic mass is 16.5. The lowest BCUT2D eigenvalue weighted by atomic mass is 10.3. The topological polar surface area (TPSA) is 22.4 Å². The zero-order chi connectivity index (χ0) is 9.68. The van der Waals surface area contributed by atoms with E-state index in [9.17, 15) is 0 Å². The van der Waals surface area contributed by atoms with Crippen LogP contribution in [-0.2, 0) is 4.74 Å². The van der Waals surface area contributed by atoms with Crippen LogP contribution in [0.3, 0.4) is 0 Å². The molecule has 0 saturated carbocycles. The van der Waals surface area contributed by atoms with Crippen molar-refractivity contribution >= 4 is 0 Å². The van der Waals surface area contributed by atoms with Gasteiger partial charge in [-0.1, -0.05) is 11.6 Å². The van der Waals surface area contributed by atoms with Crippen molar-refractivity contribution < 1.29 is 9.15 Å². The van der Waals surface area contributed by atoms with Crippen molar-refractivity contribution in [2.45, 2.75) is 26.9 Å². The molecular weight excluding hydrogens is 164 g/mol. The first-order chi connectivity index (χ1) is 6.20. The second-order valence-corrected chi connectivity index (χ2v) is 3.27. The van der Waals surface area contributed by atoms with Gasteiger partial charge in [-0.2, -0.15) is 0 Å². The van der Waals surface area contributed by atoms with Gasteiger partial charge in [0.1, 0.15) is 11.9 Å². The Kier molecular flexibility index (Phi) is 3.77. The summed E-state index contributed by atoms with van der Waals surface area (Å²) in [5.41, 5.74) is 1.27. The van der Waals surface area contributed by atoms with Crippen molar-refractivity contribution in [2.75, 3.05) is 6.61 Å². The van der Waals surface area contributed by atoms with Crippen LogP contribution in [0.1, 0.15) is 32.6 Å². The third-order valence-electron chi connectivity index (χ3n) is 1.78. The third kappa shape index (κ3) is 3.47. The summed E-state index contributed by atoms with van der Waals surface area (Å²) in [5, 5.41) is 0. The molecule has 1 aromatic heterocycles. The van der Waals surface area contributed by atoms with Crippen LogP contribution in [0.2, 0.25) is 0 Å². The molecule has 0 radical (unpaired) electrons. The summed E-state index contributed by atoms with van der Waals surface area (Å²) in [5.74, 6) is 0.877. The molecule has 0 fully saturated rings. The molecule has 1 rings (SSSR count). The molecule has 2 nitrogen and oxygen atoms in total. The Morgan fingerprint density at radius 1 is 1.62 bits per heavy atom. The molecular formula is C11H16O2. The summed E-state index contributed by atoms with van der Waals surface area (Å²) in [6.07, 6.45) is 3.75. The molecule has 0 aromatic carbocycles. The second-order valence-electron chi connectivity index (χ2n) is 3.27. The monoisotopic (exact) mass is 180 g/mol. The van der Waals surface area contributed by atoms with E-state index < -0.39 is 0 Å². The zero-order valence-corrected chi connectivity index (χ0v) is 8.41. The van der Waals surface area contributed by atoms with Crippen molar-refractivity contribution in [3.63, 3.8) is 0 Å². The molecule has 0 N–H and O–H groups in total. The number of furan rings is 1. The highest BCUT2D eigenvalue weighted by Crippen LogP contribution is 2.16. The van der Waals surface area contributed by atoms with E-state index in [0.29, 0.717) is 6.61 Å². The van der Waals surface area contributed by atoms with Gasteiger partial charge in [0.15, 0.2) is 0 Å². The Morgan fingerprint density at radius 2 is 2.38 bits per heavy atom. The quantitative estimate of drug-likeness (QED) is 0.663. The smallest absolute Gasteiger partial charge is 0.132 e. The minimum absolute atomic E-state index is 0.0330. The first kappa shape index (κ1) is 10.1. The maximum atomic E-state index is 5.53. The molecule has 0 amide bonds. The van der Waals surface area contributed by atoms with Gasteiger partial charge in [-0.15, -0.1) is 0 Å². The molecule has 0 spiro atoms. The summed E-state index contributed by atoms with van der Waals surface area (Å²) >= 11 is 0. The van der Waals surface area contributed by atoms with Crippen LogP contribution in [0, 0.1) is 0 Å². The summed E-state index contributed by atoms with van der Waals surface area (Å²) in [4.78, 5) is 0. The SMILES string of the molecule is CC(C)=CCO[C@H](C)c1ccco1. The fourth-order valence-electron chi connectivity index (χ4n) is 0.964. The molecule has 13 heavy (non-hydrogen) atoms. The number of hydrogen-bond acceptors (Lipinski definition) is 2. The van der Waals surface area contributed by atoms with Crippen molar-refractivity contribution in [3.05, 3.63) is 35.8 Å². The highest BCUT2D eigenvalue weighted by Gasteiger charge is 2.06. The Hall–Kier alpha value is -1.02. The summed E-state index contributed by atoms with van der Waals surface area (Å²) in [6.45, 7) is 6.74. The lowest BCUT2D eigenvalue weighted by molar-refractivity contribution is 0.0713. The lowest BCUT2D eigenvalue weighted by Crippen LogP contribution is -1.98. The number of allylic oxidation sites excluding steroid dienone is 1. The molecule has 1 heterocycles. The Balaban J connectivity index is 2.34. The van der Waals surface area contributed by atoms with E-state index in [1.165, 1.54) is 5.57 Å². The molecule has 0 aliphatic heterocycles. The van der Waals surface area contributed by atoms with Crippen molar-refractivity contribution in [1.29, 1.82) is 0 Å². The summed E-state index contributed by atoms with van der Waals surface area (Å²) < 4.78 is 10.7. The lowest BCUT2D eigenvalue weighted by Gasteiger charge is -2.08. The predicted molar refractivity (Wildman–Crippen MR) is 52.5 cm³/mol. The Morgan fingerprint density at radius 3 is 2.92 bits per heavy atom. The number of rotatable bonds is 4. The van der Waals surface area contributed by atoms with Crippen LogP contribution in [0.15, 0.2) is 34.5 Å². The maximum absolute atomic E-state index is 5.53. The van der Waals surface area contributed by atoms with Crippen LogP contribution >= 0.6 is 0 Å².